The standard InChI is InChI=1S/C29H24ClN3O2S/c1-3-17(2)19-11-13-26-25(15-19)31-28(35-26)22-10-12-23(30)24(16-22)32-29(36)33-27(34)21-9-8-18-6-4-5-7-20(18)14-21/h4-17H,3H2,1-2H3,(H2,32,33,34,36). The fraction of sp³-hybridized carbons (Fsp3) is 0.138. The van der Waals surface area contributed by atoms with E-state index >= 15 is 0 Å². The lowest BCUT2D eigenvalue weighted by atomic mass is 9.98. The summed E-state index contributed by atoms with van der Waals surface area (Å²) in [4.78, 5) is 17.4. The number of nitrogens with one attached hydrogen (secondary N) is 2. The highest BCUT2D eigenvalue weighted by molar-refractivity contribution is 7.80. The van der Waals surface area contributed by atoms with Gasteiger partial charge in [-0.25, -0.2) is 4.98 Å². The van der Waals surface area contributed by atoms with Crippen LogP contribution in [-0.2, 0) is 0 Å². The van der Waals surface area contributed by atoms with Crippen molar-refractivity contribution in [2.24, 2.45) is 0 Å². The van der Waals surface area contributed by atoms with E-state index < -0.39 is 0 Å². The normalized spacial score (nSPS) is 12.0. The Morgan fingerprint density at radius 2 is 1.83 bits per heavy atom. The van der Waals surface area contributed by atoms with Crippen molar-refractivity contribution in [3.05, 3.63) is 95.0 Å². The maximum Gasteiger partial charge on any atom is 0.257 e. The highest BCUT2D eigenvalue weighted by Gasteiger charge is 2.14. The minimum absolute atomic E-state index is 0.142. The highest BCUT2D eigenvalue weighted by Crippen LogP contribution is 2.32. The van der Waals surface area contributed by atoms with Crippen LogP contribution in [0.1, 0.15) is 42.1 Å². The Hall–Kier alpha value is -3.74. The average Bonchev–Trinajstić information content (AvgIpc) is 3.32. The van der Waals surface area contributed by atoms with E-state index in [4.69, 9.17) is 28.2 Å². The van der Waals surface area contributed by atoms with Crippen LogP contribution < -0.4 is 10.6 Å². The first-order valence-corrected chi connectivity index (χ1v) is 12.5. The Kier molecular flexibility index (Phi) is 6.72. The number of carbonyl (C=O) groups excluding carboxylic acids is 1. The predicted molar refractivity (Wildman–Crippen MR) is 151 cm³/mol. The summed E-state index contributed by atoms with van der Waals surface area (Å²) in [7, 11) is 0. The van der Waals surface area contributed by atoms with Gasteiger partial charge in [-0.2, -0.15) is 0 Å². The number of halogens is 1. The molecular formula is C29H24ClN3O2S. The molecule has 0 aliphatic carbocycles. The molecule has 2 N–H and O–H groups in total. The molecule has 1 heterocycles. The number of aromatic nitrogens is 1. The fourth-order valence-electron chi connectivity index (χ4n) is 4.02. The number of nitrogens with zero attached hydrogens (tertiary/aromatic N) is 1. The first-order chi connectivity index (χ1) is 17.4. The third kappa shape index (κ3) is 4.96. The van der Waals surface area contributed by atoms with Gasteiger partial charge in [0.1, 0.15) is 5.52 Å². The van der Waals surface area contributed by atoms with E-state index in [0.29, 0.717) is 28.1 Å². The van der Waals surface area contributed by atoms with Crippen LogP contribution in [0, 0.1) is 0 Å². The molecule has 5 rings (SSSR count). The van der Waals surface area contributed by atoms with Crippen molar-refractivity contribution in [2.45, 2.75) is 26.2 Å². The molecule has 5 aromatic rings. The fourth-order valence-corrected chi connectivity index (χ4v) is 4.39. The number of fused-ring (bicyclic) bond motifs is 2. The highest BCUT2D eigenvalue weighted by atomic mass is 35.5. The lowest BCUT2D eigenvalue weighted by Gasteiger charge is -2.12. The molecule has 0 saturated heterocycles. The van der Waals surface area contributed by atoms with Crippen molar-refractivity contribution in [3.8, 4) is 11.5 Å². The van der Waals surface area contributed by atoms with Gasteiger partial charge in [0.2, 0.25) is 5.89 Å². The third-order valence-electron chi connectivity index (χ3n) is 6.29. The number of oxazole rings is 1. The number of hydrogen-bond donors (Lipinski definition) is 2. The van der Waals surface area contributed by atoms with Crippen molar-refractivity contribution in [2.75, 3.05) is 5.32 Å². The van der Waals surface area contributed by atoms with E-state index in [1.54, 1.807) is 18.2 Å². The monoisotopic (exact) mass is 513 g/mol. The van der Waals surface area contributed by atoms with Crippen molar-refractivity contribution < 1.29 is 9.21 Å². The molecule has 1 unspecified atom stereocenters. The largest absolute Gasteiger partial charge is 0.436 e. The molecule has 0 aliphatic heterocycles. The maximum atomic E-state index is 12.8. The zero-order valence-electron chi connectivity index (χ0n) is 19.8. The lowest BCUT2D eigenvalue weighted by Crippen LogP contribution is -2.34. The van der Waals surface area contributed by atoms with Crippen molar-refractivity contribution in [3.63, 3.8) is 0 Å². The van der Waals surface area contributed by atoms with Gasteiger partial charge in [-0.3, -0.25) is 10.1 Å². The summed E-state index contributed by atoms with van der Waals surface area (Å²) in [5, 5.41) is 8.39. The van der Waals surface area contributed by atoms with Gasteiger partial charge < -0.3 is 9.73 Å². The van der Waals surface area contributed by atoms with Crippen molar-refractivity contribution in [1.82, 2.24) is 10.3 Å². The molecule has 1 atom stereocenters. The van der Waals surface area contributed by atoms with Gasteiger partial charge in [0.05, 0.1) is 10.7 Å². The average molecular weight is 514 g/mol. The summed E-state index contributed by atoms with van der Waals surface area (Å²) in [6.45, 7) is 4.36. The van der Waals surface area contributed by atoms with E-state index in [9.17, 15) is 4.79 Å². The predicted octanol–water partition coefficient (Wildman–Crippen LogP) is 7.94. The topological polar surface area (TPSA) is 67.2 Å². The second kappa shape index (κ2) is 10.1. The molecule has 0 fully saturated rings. The number of hydrogen-bond acceptors (Lipinski definition) is 4. The number of thiocarbonyl (C=S) groups is 1. The van der Waals surface area contributed by atoms with E-state index in [2.05, 4.69) is 41.6 Å². The molecule has 36 heavy (non-hydrogen) atoms. The molecule has 4 aromatic carbocycles. The summed E-state index contributed by atoms with van der Waals surface area (Å²) in [5.41, 5.74) is 4.56. The molecule has 0 radical (unpaired) electrons. The van der Waals surface area contributed by atoms with Crippen molar-refractivity contribution in [1.29, 1.82) is 0 Å². The van der Waals surface area contributed by atoms with Crippen LogP contribution in [0.25, 0.3) is 33.3 Å². The molecule has 0 spiro atoms. The van der Waals surface area contributed by atoms with E-state index in [0.717, 1.165) is 33.9 Å². The molecule has 0 bridgehead atoms. The zero-order chi connectivity index (χ0) is 25.2. The molecule has 0 saturated carbocycles. The number of carbonyl (C=O) groups is 1. The van der Waals surface area contributed by atoms with Gasteiger partial charge in [-0.05, 0) is 83.4 Å². The second-order valence-corrected chi connectivity index (χ2v) is 9.54. The molecule has 1 amide bonds. The lowest BCUT2D eigenvalue weighted by molar-refractivity contribution is 0.0978. The summed E-state index contributed by atoms with van der Waals surface area (Å²) in [6, 6.07) is 24.9. The van der Waals surface area contributed by atoms with E-state index in [1.165, 1.54) is 5.56 Å². The molecule has 180 valence electrons. The Bertz CT molecular complexity index is 1610. The van der Waals surface area contributed by atoms with Gasteiger partial charge in [0.15, 0.2) is 10.7 Å². The number of rotatable bonds is 5. The van der Waals surface area contributed by atoms with E-state index in [-0.39, 0.29) is 11.0 Å². The quantitative estimate of drug-likeness (QED) is 0.233. The number of anilines is 1. The van der Waals surface area contributed by atoms with Crippen LogP contribution >= 0.6 is 23.8 Å². The first kappa shape index (κ1) is 24.0. The van der Waals surface area contributed by atoms with Crippen LogP contribution in [0.5, 0.6) is 0 Å². The zero-order valence-corrected chi connectivity index (χ0v) is 21.4. The molecule has 0 aliphatic rings. The SMILES string of the molecule is CCC(C)c1ccc2oc(-c3ccc(Cl)c(NC(=S)NC(=O)c4ccc5ccccc5c4)c3)nc2c1. The van der Waals surface area contributed by atoms with Crippen LogP contribution in [0.4, 0.5) is 5.69 Å². The molecule has 1 aromatic heterocycles. The van der Waals surface area contributed by atoms with Gasteiger partial charge in [-0.15, -0.1) is 0 Å². The summed E-state index contributed by atoms with van der Waals surface area (Å²) in [5.74, 6) is 0.630. The minimum Gasteiger partial charge on any atom is -0.436 e. The Morgan fingerprint density at radius 3 is 2.64 bits per heavy atom. The van der Waals surface area contributed by atoms with Crippen LogP contribution in [-0.4, -0.2) is 16.0 Å². The van der Waals surface area contributed by atoms with Gasteiger partial charge in [0.25, 0.3) is 5.91 Å². The summed E-state index contributed by atoms with van der Waals surface area (Å²) in [6.07, 6.45) is 1.06. The smallest absolute Gasteiger partial charge is 0.257 e. The van der Waals surface area contributed by atoms with E-state index in [1.807, 2.05) is 48.5 Å². The molecule has 5 nitrogen and oxygen atoms in total. The summed E-state index contributed by atoms with van der Waals surface area (Å²) >= 11 is 11.8. The van der Waals surface area contributed by atoms with Crippen LogP contribution in [0.2, 0.25) is 5.02 Å². The molecule has 7 heteroatoms. The third-order valence-corrected chi connectivity index (χ3v) is 6.83. The summed E-state index contributed by atoms with van der Waals surface area (Å²) < 4.78 is 6.00. The Balaban J connectivity index is 1.34. The minimum atomic E-state index is -0.304. The van der Waals surface area contributed by atoms with Gasteiger partial charge in [0, 0.05) is 11.1 Å². The maximum absolute atomic E-state index is 12.8. The number of benzene rings is 4. The van der Waals surface area contributed by atoms with Gasteiger partial charge in [-0.1, -0.05) is 61.8 Å². The number of amides is 1. The first-order valence-electron chi connectivity index (χ1n) is 11.7. The second-order valence-electron chi connectivity index (χ2n) is 8.72. The molecular weight excluding hydrogens is 490 g/mol. The Morgan fingerprint density at radius 1 is 1.03 bits per heavy atom. The van der Waals surface area contributed by atoms with Crippen LogP contribution in [0.15, 0.2) is 83.3 Å². The van der Waals surface area contributed by atoms with Crippen LogP contribution in [0.3, 0.4) is 0 Å². The van der Waals surface area contributed by atoms with Gasteiger partial charge >= 0.3 is 0 Å². The van der Waals surface area contributed by atoms with Crippen molar-refractivity contribution >= 4 is 62.4 Å². The Labute approximate surface area is 219 Å².